The van der Waals surface area contributed by atoms with E-state index in [2.05, 4.69) is 111 Å². The van der Waals surface area contributed by atoms with Crippen LogP contribution >= 0.6 is 7.82 Å². The Bertz CT molecular complexity index is 1420. The molecule has 9 heteroatoms. The Hall–Kier alpha value is -2.58. The molecule has 0 amide bonds. The lowest BCUT2D eigenvalue weighted by atomic mass is 10.0. The highest BCUT2D eigenvalue weighted by Gasteiger charge is 2.26. The molecule has 0 aliphatic rings. The fourth-order valence-electron chi connectivity index (χ4n) is 7.35. The maximum absolute atomic E-state index is 12.8. The maximum Gasteiger partial charge on any atom is 0.472 e. The van der Waals surface area contributed by atoms with Crippen molar-refractivity contribution < 1.29 is 37.3 Å². The highest BCUT2D eigenvalue weighted by molar-refractivity contribution is 7.47. The number of rotatable bonds is 51. The highest BCUT2D eigenvalue weighted by Crippen LogP contribution is 2.43. The fraction of sp³-hybridized carbons (Fsp3) is 0.717. The predicted molar refractivity (Wildman–Crippen MR) is 298 cm³/mol. The topological polar surface area (TPSA) is 91.3 Å². The number of allylic oxidation sites excluding steroid dienone is 16. The number of hydrogen-bond donors (Lipinski definition) is 1. The number of quaternary nitrogens is 1. The van der Waals surface area contributed by atoms with E-state index in [-0.39, 0.29) is 25.8 Å². The monoisotopic (exact) mass is 985 g/mol. The van der Waals surface area contributed by atoms with Crippen LogP contribution in [0, 0.1) is 0 Å². The minimum atomic E-state index is -4.30. The van der Waals surface area contributed by atoms with Gasteiger partial charge in [-0.2, -0.15) is 0 Å². The Balaban J connectivity index is 4.18. The van der Waals surface area contributed by atoms with Crippen molar-refractivity contribution in [1.29, 1.82) is 0 Å². The van der Waals surface area contributed by atoms with Crippen LogP contribution in [0.5, 0.6) is 0 Å². The van der Waals surface area contributed by atoms with Crippen molar-refractivity contribution in [2.45, 2.75) is 225 Å². The van der Waals surface area contributed by atoms with Crippen LogP contribution in [-0.2, 0) is 27.9 Å². The maximum atomic E-state index is 12.8. The van der Waals surface area contributed by atoms with Crippen molar-refractivity contribution >= 4 is 13.8 Å². The molecular formula is C60H107NO7P+. The fourth-order valence-corrected chi connectivity index (χ4v) is 8.09. The van der Waals surface area contributed by atoms with Crippen molar-refractivity contribution in [3.8, 4) is 0 Å². The molecule has 398 valence electrons. The van der Waals surface area contributed by atoms with Gasteiger partial charge in [0.2, 0.25) is 0 Å². The summed E-state index contributed by atoms with van der Waals surface area (Å²) in [6.07, 6.45) is 71.8. The predicted octanol–water partition coefficient (Wildman–Crippen LogP) is 17.7. The first-order valence-corrected chi connectivity index (χ1v) is 29.5. The van der Waals surface area contributed by atoms with Gasteiger partial charge in [-0.1, -0.05) is 214 Å². The number of esters is 1. The molecule has 8 nitrogen and oxygen atoms in total. The van der Waals surface area contributed by atoms with Gasteiger partial charge < -0.3 is 18.9 Å². The summed E-state index contributed by atoms with van der Waals surface area (Å²) >= 11 is 0. The van der Waals surface area contributed by atoms with E-state index in [1.54, 1.807) is 0 Å². The number of carbonyl (C=O) groups is 1. The Labute approximate surface area is 426 Å². The van der Waals surface area contributed by atoms with E-state index in [0.29, 0.717) is 24.1 Å². The standard InChI is InChI=1S/C60H106NO7P/c1-6-8-10-12-14-16-18-20-22-24-26-28-30-32-34-36-38-40-42-44-46-48-50-52-55-65-57-59(58-67-69(63,64)66-56-54-61(3,4)5)68-60(62)53-51-49-47-45-43-41-39-37-35-33-31-29-27-25-23-21-19-17-15-13-11-9-7-2/h8,10,14,16,19-22,25-28,32,34,38,40,59H,6-7,9,11-13,15,17-18,23-24,29-31,33,35-37,39,41-58H2,1-5H3/p+1/b10-8-,16-14-,21-19-,22-20-,27-25-,28-26-,34-32-,40-38-. The van der Waals surface area contributed by atoms with E-state index in [1.165, 1.54) is 109 Å². The molecule has 2 unspecified atom stereocenters. The van der Waals surface area contributed by atoms with E-state index >= 15 is 0 Å². The number of unbranched alkanes of at least 4 members (excludes halogenated alkanes) is 21. The van der Waals surface area contributed by atoms with Crippen molar-refractivity contribution in [3.05, 3.63) is 97.2 Å². The molecular weight excluding hydrogens is 878 g/mol. The summed E-state index contributed by atoms with van der Waals surface area (Å²) in [7, 11) is 1.64. The normalized spacial score (nSPS) is 14.2. The molecule has 0 heterocycles. The molecule has 0 spiro atoms. The van der Waals surface area contributed by atoms with Gasteiger partial charge in [-0.25, -0.2) is 4.57 Å². The van der Waals surface area contributed by atoms with Gasteiger partial charge in [0, 0.05) is 13.0 Å². The number of phosphoric ester groups is 1. The zero-order valence-corrected chi connectivity index (χ0v) is 46.2. The number of ether oxygens (including phenoxy) is 2. The van der Waals surface area contributed by atoms with Crippen LogP contribution in [0.15, 0.2) is 97.2 Å². The first kappa shape index (κ1) is 66.4. The van der Waals surface area contributed by atoms with E-state index in [9.17, 15) is 14.3 Å². The molecule has 0 bridgehead atoms. The number of likely N-dealkylation sites (N-methyl/N-ethyl adjacent to an activating group) is 1. The van der Waals surface area contributed by atoms with E-state index in [0.717, 1.165) is 89.9 Å². The smallest absolute Gasteiger partial charge is 0.457 e. The second kappa shape index (κ2) is 51.8. The Morgan fingerprint density at radius 2 is 0.841 bits per heavy atom. The zero-order chi connectivity index (χ0) is 50.5. The molecule has 2 atom stereocenters. The minimum Gasteiger partial charge on any atom is -0.457 e. The molecule has 0 aliphatic heterocycles. The summed E-state index contributed by atoms with van der Waals surface area (Å²) in [5.74, 6) is -0.325. The molecule has 0 rings (SSSR count). The third-order valence-corrected chi connectivity index (χ3v) is 12.6. The van der Waals surface area contributed by atoms with E-state index in [1.807, 2.05) is 21.1 Å². The highest BCUT2D eigenvalue weighted by atomic mass is 31.2. The molecule has 0 saturated heterocycles. The quantitative estimate of drug-likeness (QED) is 0.0213. The second-order valence-electron chi connectivity index (χ2n) is 19.6. The van der Waals surface area contributed by atoms with Crippen LogP contribution in [-0.4, -0.2) is 75.6 Å². The Kier molecular flexibility index (Phi) is 49.8. The average molecular weight is 985 g/mol. The molecule has 0 aromatic rings. The van der Waals surface area contributed by atoms with Crippen molar-refractivity contribution in [2.24, 2.45) is 0 Å². The van der Waals surface area contributed by atoms with Crippen molar-refractivity contribution in [1.82, 2.24) is 0 Å². The molecule has 0 aromatic carbocycles. The third-order valence-electron chi connectivity index (χ3n) is 11.6. The Morgan fingerprint density at radius 1 is 0.464 bits per heavy atom. The molecule has 0 aliphatic carbocycles. The van der Waals surface area contributed by atoms with E-state index in [4.69, 9.17) is 18.5 Å². The summed E-state index contributed by atoms with van der Waals surface area (Å²) in [6.45, 7) is 5.45. The van der Waals surface area contributed by atoms with Gasteiger partial charge in [0.15, 0.2) is 0 Å². The van der Waals surface area contributed by atoms with Crippen molar-refractivity contribution in [3.63, 3.8) is 0 Å². The van der Waals surface area contributed by atoms with Crippen LogP contribution in [0.25, 0.3) is 0 Å². The summed E-state index contributed by atoms with van der Waals surface area (Å²) in [6, 6.07) is 0. The molecule has 0 fully saturated rings. The average Bonchev–Trinajstić information content (AvgIpc) is 3.31. The Morgan fingerprint density at radius 3 is 1.26 bits per heavy atom. The van der Waals surface area contributed by atoms with Crippen LogP contribution in [0.2, 0.25) is 0 Å². The van der Waals surface area contributed by atoms with Crippen molar-refractivity contribution in [2.75, 3.05) is 54.1 Å². The lowest BCUT2D eigenvalue weighted by molar-refractivity contribution is -0.870. The van der Waals surface area contributed by atoms with Gasteiger partial charge in [0.05, 0.1) is 34.4 Å². The van der Waals surface area contributed by atoms with Crippen LogP contribution in [0.4, 0.5) is 0 Å². The molecule has 0 saturated carbocycles. The first-order chi connectivity index (χ1) is 33.6. The molecule has 1 N–H and O–H groups in total. The lowest BCUT2D eigenvalue weighted by Crippen LogP contribution is -2.37. The van der Waals surface area contributed by atoms with Gasteiger partial charge in [-0.05, 0) is 96.3 Å². The summed E-state index contributed by atoms with van der Waals surface area (Å²) in [5.41, 5.74) is 0. The summed E-state index contributed by atoms with van der Waals surface area (Å²) in [5, 5.41) is 0. The number of hydrogen-bond acceptors (Lipinski definition) is 6. The van der Waals surface area contributed by atoms with Crippen LogP contribution in [0.3, 0.4) is 0 Å². The minimum absolute atomic E-state index is 0.0790. The van der Waals surface area contributed by atoms with Gasteiger partial charge in [-0.3, -0.25) is 13.8 Å². The number of phosphoric acid groups is 1. The van der Waals surface area contributed by atoms with Gasteiger partial charge in [0.25, 0.3) is 0 Å². The summed E-state index contributed by atoms with van der Waals surface area (Å²) in [4.78, 5) is 23.1. The van der Waals surface area contributed by atoms with Gasteiger partial charge in [-0.15, -0.1) is 0 Å². The van der Waals surface area contributed by atoms with E-state index < -0.39 is 13.9 Å². The number of carbonyl (C=O) groups excluding carboxylic acids is 1. The molecule has 0 aromatic heterocycles. The molecule has 0 radical (unpaired) electrons. The van der Waals surface area contributed by atoms with Crippen LogP contribution in [0.1, 0.15) is 219 Å². The van der Waals surface area contributed by atoms with Crippen LogP contribution < -0.4 is 0 Å². The first-order valence-electron chi connectivity index (χ1n) is 28.0. The number of nitrogens with zero attached hydrogens (tertiary/aromatic N) is 1. The third kappa shape index (κ3) is 56.2. The zero-order valence-electron chi connectivity index (χ0n) is 45.3. The lowest BCUT2D eigenvalue weighted by Gasteiger charge is -2.24. The van der Waals surface area contributed by atoms with Gasteiger partial charge in [0.1, 0.15) is 19.3 Å². The largest absolute Gasteiger partial charge is 0.472 e. The molecule has 69 heavy (non-hydrogen) atoms. The van der Waals surface area contributed by atoms with Gasteiger partial charge >= 0.3 is 13.8 Å². The SMILES string of the molecule is CC/C=C\C/C=C\C/C=C\C/C=C\C/C=C\C/C=C\CCCCCCCOCC(COP(=O)(O)OCC[N+](C)(C)C)OC(=O)CCCCCCCCCCCCC/C=C\C/C=C\CCCCCCC. The summed E-state index contributed by atoms with van der Waals surface area (Å²) < 4.78 is 35.2. The second-order valence-corrected chi connectivity index (χ2v) is 21.0.